The van der Waals surface area contributed by atoms with Gasteiger partial charge in [-0.25, -0.2) is 8.78 Å². The van der Waals surface area contributed by atoms with E-state index in [0.717, 1.165) is 24.8 Å². The molecule has 1 fully saturated rings. The van der Waals surface area contributed by atoms with Gasteiger partial charge in [-0.15, -0.1) is 0 Å². The zero-order chi connectivity index (χ0) is 18.5. The maximum atomic E-state index is 13.4. The van der Waals surface area contributed by atoms with E-state index < -0.39 is 11.6 Å². The molecule has 1 amide bonds. The second-order valence-corrected chi connectivity index (χ2v) is 6.37. The van der Waals surface area contributed by atoms with Crippen LogP contribution < -0.4 is 15.0 Å². The minimum Gasteiger partial charge on any atom is -0.494 e. The first-order valence-electron chi connectivity index (χ1n) is 8.78. The smallest absolute Gasteiger partial charge is 0.251 e. The average molecular weight is 360 g/mol. The highest BCUT2D eigenvalue weighted by atomic mass is 19.2. The number of nitrogens with one attached hydrogen (secondary N) is 1. The molecule has 3 rings (SSSR count). The molecule has 1 N–H and O–H groups in total. The third-order valence-corrected chi connectivity index (χ3v) is 4.53. The van der Waals surface area contributed by atoms with E-state index in [1.54, 1.807) is 30.3 Å². The van der Waals surface area contributed by atoms with E-state index in [4.69, 9.17) is 4.74 Å². The summed E-state index contributed by atoms with van der Waals surface area (Å²) in [5.74, 6) is -0.794. The van der Waals surface area contributed by atoms with Crippen LogP contribution in [0.2, 0.25) is 0 Å². The lowest BCUT2D eigenvalue weighted by Gasteiger charge is -2.19. The summed E-state index contributed by atoms with van der Waals surface area (Å²) in [7, 11) is 0. The summed E-state index contributed by atoms with van der Waals surface area (Å²) in [6.45, 7) is 4.50. The number of ether oxygens (including phenoxy) is 1. The molecule has 1 aliphatic heterocycles. The molecule has 0 aromatic heterocycles. The van der Waals surface area contributed by atoms with Crippen LogP contribution in [0.3, 0.4) is 0 Å². The number of carbonyl (C=O) groups excluding carboxylic acids is 1. The van der Waals surface area contributed by atoms with Crippen LogP contribution in [0.15, 0.2) is 42.5 Å². The molecule has 1 saturated heterocycles. The molecule has 0 radical (unpaired) electrons. The largest absolute Gasteiger partial charge is 0.494 e. The van der Waals surface area contributed by atoms with Crippen molar-refractivity contribution in [3.63, 3.8) is 0 Å². The van der Waals surface area contributed by atoms with Gasteiger partial charge in [0.15, 0.2) is 11.6 Å². The summed E-state index contributed by atoms with van der Waals surface area (Å²) in [5.41, 5.74) is 1.26. The number of hydrogen-bond donors (Lipinski definition) is 1. The first-order chi connectivity index (χ1) is 12.6. The Kier molecular flexibility index (Phi) is 5.71. The van der Waals surface area contributed by atoms with Gasteiger partial charge in [-0.3, -0.25) is 4.79 Å². The average Bonchev–Trinajstić information content (AvgIpc) is 3.12. The van der Waals surface area contributed by atoms with Crippen molar-refractivity contribution in [2.75, 3.05) is 31.1 Å². The quantitative estimate of drug-likeness (QED) is 0.856. The van der Waals surface area contributed by atoms with Crippen molar-refractivity contribution >= 4 is 11.6 Å². The van der Waals surface area contributed by atoms with Gasteiger partial charge >= 0.3 is 0 Å². The second kappa shape index (κ2) is 8.17. The van der Waals surface area contributed by atoms with E-state index in [2.05, 4.69) is 5.32 Å². The number of anilines is 1. The topological polar surface area (TPSA) is 41.6 Å². The number of nitrogens with zero attached hydrogens (tertiary/aromatic N) is 1. The van der Waals surface area contributed by atoms with Crippen LogP contribution in [-0.2, 0) is 0 Å². The molecule has 2 aromatic rings. The van der Waals surface area contributed by atoms with Crippen molar-refractivity contribution in [2.24, 2.45) is 5.92 Å². The Morgan fingerprint density at radius 2 is 1.96 bits per heavy atom. The molecular weight excluding hydrogens is 338 g/mol. The molecule has 26 heavy (non-hydrogen) atoms. The number of carbonyl (C=O) groups is 1. The number of amides is 1. The molecular formula is C20H22F2N2O2. The molecule has 1 atom stereocenters. The van der Waals surface area contributed by atoms with Gasteiger partial charge in [0.05, 0.1) is 6.61 Å². The van der Waals surface area contributed by atoms with Gasteiger partial charge in [0, 0.05) is 37.0 Å². The number of rotatable bonds is 6. The van der Waals surface area contributed by atoms with E-state index >= 15 is 0 Å². The Labute approximate surface area is 151 Å². The predicted octanol–water partition coefficient (Wildman–Crippen LogP) is 3.62. The van der Waals surface area contributed by atoms with Gasteiger partial charge < -0.3 is 15.0 Å². The van der Waals surface area contributed by atoms with E-state index in [9.17, 15) is 13.6 Å². The maximum Gasteiger partial charge on any atom is 0.251 e. The van der Waals surface area contributed by atoms with Crippen molar-refractivity contribution in [3.8, 4) is 5.75 Å². The fraction of sp³-hybridized carbons (Fsp3) is 0.350. The van der Waals surface area contributed by atoms with Crippen LogP contribution in [0, 0.1) is 17.6 Å². The second-order valence-electron chi connectivity index (χ2n) is 6.37. The molecule has 6 heteroatoms. The fourth-order valence-corrected chi connectivity index (χ4v) is 3.12. The van der Waals surface area contributed by atoms with Crippen LogP contribution in [0.5, 0.6) is 5.75 Å². The molecule has 0 saturated carbocycles. The van der Waals surface area contributed by atoms with Crippen LogP contribution >= 0.6 is 0 Å². The maximum absolute atomic E-state index is 13.4. The monoisotopic (exact) mass is 360 g/mol. The molecule has 0 spiro atoms. The van der Waals surface area contributed by atoms with Crippen molar-refractivity contribution in [3.05, 3.63) is 59.7 Å². The third-order valence-electron chi connectivity index (χ3n) is 4.53. The van der Waals surface area contributed by atoms with Gasteiger partial charge in [0.25, 0.3) is 5.91 Å². The first kappa shape index (κ1) is 18.2. The van der Waals surface area contributed by atoms with Crippen LogP contribution in [-0.4, -0.2) is 32.1 Å². The molecule has 1 unspecified atom stereocenters. The molecule has 0 aliphatic carbocycles. The summed E-state index contributed by atoms with van der Waals surface area (Å²) in [6.07, 6.45) is 0.891. The summed E-state index contributed by atoms with van der Waals surface area (Å²) < 4.78 is 31.8. The molecule has 4 nitrogen and oxygen atoms in total. The summed E-state index contributed by atoms with van der Waals surface area (Å²) in [4.78, 5) is 14.3. The van der Waals surface area contributed by atoms with Gasteiger partial charge in [0.1, 0.15) is 5.75 Å². The first-order valence-corrected chi connectivity index (χ1v) is 8.78. The van der Waals surface area contributed by atoms with E-state index in [-0.39, 0.29) is 11.8 Å². The lowest BCUT2D eigenvalue weighted by Crippen LogP contribution is -2.31. The summed E-state index contributed by atoms with van der Waals surface area (Å²) >= 11 is 0. The van der Waals surface area contributed by atoms with Crippen LogP contribution in [0.25, 0.3) is 0 Å². The zero-order valence-electron chi connectivity index (χ0n) is 14.7. The van der Waals surface area contributed by atoms with E-state index in [1.165, 1.54) is 6.07 Å². The Hall–Kier alpha value is -2.63. The standard InChI is InChI=1S/C20H22F2N2O2/c1-2-26-17-6-3-15(4-7-17)20(25)23-12-14-9-10-24(13-14)16-5-8-18(21)19(22)11-16/h3-8,11,14H,2,9-10,12-13H2,1H3,(H,23,25). The Morgan fingerprint density at radius 3 is 2.65 bits per heavy atom. The predicted molar refractivity (Wildman–Crippen MR) is 96.6 cm³/mol. The number of hydrogen-bond acceptors (Lipinski definition) is 3. The zero-order valence-corrected chi connectivity index (χ0v) is 14.7. The molecule has 2 aromatic carbocycles. The molecule has 138 valence electrons. The van der Waals surface area contributed by atoms with Crippen molar-refractivity contribution in [2.45, 2.75) is 13.3 Å². The highest BCUT2D eigenvalue weighted by Crippen LogP contribution is 2.25. The van der Waals surface area contributed by atoms with Gasteiger partial charge in [0.2, 0.25) is 0 Å². The summed E-state index contributed by atoms with van der Waals surface area (Å²) in [5, 5.41) is 2.94. The highest BCUT2D eigenvalue weighted by molar-refractivity contribution is 5.94. The van der Waals surface area contributed by atoms with E-state index in [0.29, 0.717) is 30.9 Å². The Bertz CT molecular complexity index is 765. The molecule has 1 aliphatic rings. The molecule has 0 bridgehead atoms. The lowest BCUT2D eigenvalue weighted by atomic mass is 10.1. The van der Waals surface area contributed by atoms with Crippen molar-refractivity contribution < 1.29 is 18.3 Å². The third kappa shape index (κ3) is 4.31. The number of halogens is 2. The highest BCUT2D eigenvalue weighted by Gasteiger charge is 2.24. The summed E-state index contributed by atoms with van der Waals surface area (Å²) in [6, 6.07) is 11.0. The fourth-order valence-electron chi connectivity index (χ4n) is 3.12. The number of benzene rings is 2. The van der Waals surface area contributed by atoms with Gasteiger partial charge in [-0.05, 0) is 55.7 Å². The minimum atomic E-state index is -0.841. The van der Waals surface area contributed by atoms with Crippen LogP contribution in [0.1, 0.15) is 23.7 Å². The molecule has 1 heterocycles. The van der Waals surface area contributed by atoms with Crippen molar-refractivity contribution in [1.82, 2.24) is 5.32 Å². The minimum absolute atomic E-state index is 0.126. The van der Waals surface area contributed by atoms with Crippen molar-refractivity contribution in [1.29, 1.82) is 0 Å². The van der Waals surface area contributed by atoms with Gasteiger partial charge in [-0.2, -0.15) is 0 Å². The normalized spacial score (nSPS) is 16.6. The lowest BCUT2D eigenvalue weighted by molar-refractivity contribution is 0.0948. The van der Waals surface area contributed by atoms with Crippen LogP contribution in [0.4, 0.5) is 14.5 Å². The Balaban J connectivity index is 1.50. The van der Waals surface area contributed by atoms with E-state index in [1.807, 2.05) is 11.8 Å². The SMILES string of the molecule is CCOc1ccc(C(=O)NCC2CCN(c3ccc(F)c(F)c3)C2)cc1. The Morgan fingerprint density at radius 1 is 1.19 bits per heavy atom. The van der Waals surface area contributed by atoms with Gasteiger partial charge in [-0.1, -0.05) is 0 Å².